The molecule has 0 atom stereocenters. The molecular weight excluding hydrogens is 438 g/mol. The fourth-order valence-corrected chi connectivity index (χ4v) is 4.86. The third-order valence-electron chi connectivity index (χ3n) is 4.67. The molecule has 1 fully saturated rings. The van der Waals surface area contributed by atoms with Gasteiger partial charge in [-0.1, -0.05) is 6.07 Å². The Balaban J connectivity index is 1.62. The number of pyridine rings is 1. The number of hydrogen-bond donors (Lipinski definition) is 1. The Morgan fingerprint density at radius 2 is 1.67 bits per heavy atom. The van der Waals surface area contributed by atoms with Gasteiger partial charge >= 0.3 is 12.4 Å². The topological polar surface area (TPSA) is 76.1 Å². The zero-order chi connectivity index (χ0) is 22.3. The number of amides is 1. The lowest BCUT2D eigenvalue weighted by molar-refractivity contribution is -0.141. The van der Waals surface area contributed by atoms with Crippen LogP contribution >= 0.6 is 0 Å². The molecule has 5 nitrogen and oxygen atoms in total. The van der Waals surface area contributed by atoms with E-state index in [2.05, 4.69) is 10.3 Å². The van der Waals surface area contributed by atoms with Crippen LogP contribution in [0.25, 0.3) is 0 Å². The molecule has 1 aliphatic carbocycles. The standard InChI is InChI=1S/C18H14F6N2O3S/c19-17(20,21)11-2-1-3-13(6-11)30(28,29)14-7-12(8-14)26-16(27)10-4-5-15(25-9-10)18(22,23)24/h1-6,9,12,14H,7-8H2,(H,26,27)/t12-,14+. The molecule has 2 aromatic rings. The van der Waals surface area contributed by atoms with Crippen molar-refractivity contribution in [3.05, 3.63) is 59.4 Å². The van der Waals surface area contributed by atoms with Crippen LogP contribution in [-0.4, -0.2) is 30.6 Å². The zero-order valence-electron chi connectivity index (χ0n) is 15.0. The van der Waals surface area contributed by atoms with Gasteiger partial charge < -0.3 is 5.32 Å². The fourth-order valence-electron chi connectivity index (χ4n) is 2.94. The van der Waals surface area contributed by atoms with Gasteiger partial charge in [-0.3, -0.25) is 9.78 Å². The Hall–Kier alpha value is -2.63. The van der Waals surface area contributed by atoms with Crippen LogP contribution in [0.4, 0.5) is 26.3 Å². The highest BCUT2D eigenvalue weighted by atomic mass is 32.2. The third-order valence-corrected chi connectivity index (χ3v) is 6.85. The van der Waals surface area contributed by atoms with Crippen LogP contribution in [-0.2, 0) is 22.2 Å². The summed E-state index contributed by atoms with van der Waals surface area (Å²) in [5.41, 5.74) is -2.37. The first-order valence-electron chi connectivity index (χ1n) is 8.54. The van der Waals surface area contributed by atoms with Gasteiger partial charge in [-0.05, 0) is 43.2 Å². The molecule has 0 radical (unpaired) electrons. The van der Waals surface area contributed by atoms with Crippen LogP contribution in [0.15, 0.2) is 47.5 Å². The van der Waals surface area contributed by atoms with Gasteiger partial charge in [0.25, 0.3) is 5.91 Å². The number of alkyl halides is 6. The molecule has 12 heteroatoms. The second-order valence-electron chi connectivity index (χ2n) is 6.76. The lowest BCUT2D eigenvalue weighted by Gasteiger charge is -2.35. The number of nitrogens with zero attached hydrogens (tertiary/aromatic N) is 1. The van der Waals surface area contributed by atoms with Crippen molar-refractivity contribution in [1.82, 2.24) is 10.3 Å². The summed E-state index contributed by atoms with van der Waals surface area (Å²) < 4.78 is 101. The van der Waals surface area contributed by atoms with Crippen molar-refractivity contribution in [3.63, 3.8) is 0 Å². The fraction of sp³-hybridized carbons (Fsp3) is 0.333. The van der Waals surface area contributed by atoms with Crippen LogP contribution in [0.1, 0.15) is 34.5 Å². The van der Waals surface area contributed by atoms with E-state index in [0.29, 0.717) is 12.1 Å². The molecule has 0 spiro atoms. The Morgan fingerprint density at radius 1 is 1.00 bits per heavy atom. The molecule has 1 amide bonds. The summed E-state index contributed by atoms with van der Waals surface area (Å²) in [6, 6.07) is 4.42. The minimum absolute atomic E-state index is 0.0294. The van der Waals surface area contributed by atoms with Crippen molar-refractivity contribution in [1.29, 1.82) is 0 Å². The van der Waals surface area contributed by atoms with Gasteiger partial charge in [-0.15, -0.1) is 0 Å². The second-order valence-corrected chi connectivity index (χ2v) is 8.99. The van der Waals surface area contributed by atoms with Crippen molar-refractivity contribution >= 4 is 15.7 Å². The van der Waals surface area contributed by atoms with E-state index >= 15 is 0 Å². The average Bonchev–Trinajstić information content (AvgIpc) is 2.62. The Morgan fingerprint density at radius 3 is 2.20 bits per heavy atom. The van der Waals surface area contributed by atoms with Crippen LogP contribution < -0.4 is 5.32 Å². The molecule has 0 saturated heterocycles. The van der Waals surface area contributed by atoms with Gasteiger partial charge in [0.2, 0.25) is 0 Å². The highest BCUT2D eigenvalue weighted by Crippen LogP contribution is 2.35. The summed E-state index contributed by atoms with van der Waals surface area (Å²) in [6.07, 6.45) is -8.63. The van der Waals surface area contributed by atoms with Crippen molar-refractivity contribution in [2.45, 2.75) is 41.4 Å². The maximum absolute atomic E-state index is 12.8. The SMILES string of the molecule is O=C(N[C@H]1C[C@@H](S(=O)(=O)c2cccc(C(F)(F)F)c2)C1)c1ccc(C(F)(F)F)nc1. The number of aromatic nitrogens is 1. The Bertz CT molecular complexity index is 1040. The predicted molar refractivity (Wildman–Crippen MR) is 92.1 cm³/mol. The number of carbonyl (C=O) groups excluding carboxylic acids is 1. The van der Waals surface area contributed by atoms with Gasteiger partial charge in [0.15, 0.2) is 9.84 Å². The molecule has 1 aromatic carbocycles. The monoisotopic (exact) mass is 452 g/mol. The van der Waals surface area contributed by atoms with Gasteiger partial charge in [-0.25, -0.2) is 8.42 Å². The van der Waals surface area contributed by atoms with Gasteiger partial charge in [0.1, 0.15) is 5.69 Å². The van der Waals surface area contributed by atoms with Crippen LogP contribution in [0.5, 0.6) is 0 Å². The number of hydrogen-bond acceptors (Lipinski definition) is 4. The maximum atomic E-state index is 12.8. The van der Waals surface area contributed by atoms with E-state index in [9.17, 15) is 39.6 Å². The van der Waals surface area contributed by atoms with E-state index in [-0.39, 0.29) is 18.4 Å². The molecule has 1 aromatic heterocycles. The summed E-state index contributed by atoms with van der Waals surface area (Å²) in [7, 11) is -4.03. The van der Waals surface area contributed by atoms with Crippen molar-refractivity contribution in [2.24, 2.45) is 0 Å². The molecule has 1 saturated carbocycles. The number of benzene rings is 1. The molecule has 0 aliphatic heterocycles. The number of sulfone groups is 1. The van der Waals surface area contributed by atoms with Crippen molar-refractivity contribution in [2.75, 3.05) is 0 Å². The minimum atomic E-state index is -4.68. The van der Waals surface area contributed by atoms with Crippen molar-refractivity contribution < 1.29 is 39.6 Å². The molecule has 30 heavy (non-hydrogen) atoms. The summed E-state index contributed by atoms with van der Waals surface area (Å²) in [5, 5.41) is 1.50. The van der Waals surface area contributed by atoms with E-state index in [4.69, 9.17) is 0 Å². The smallest absolute Gasteiger partial charge is 0.349 e. The lowest BCUT2D eigenvalue weighted by atomic mass is 9.92. The molecule has 162 valence electrons. The maximum Gasteiger partial charge on any atom is 0.433 e. The molecule has 1 aliphatic rings. The normalized spacial score (nSPS) is 19.8. The molecule has 0 unspecified atom stereocenters. The van der Waals surface area contributed by atoms with Crippen LogP contribution in [0.2, 0.25) is 0 Å². The number of carbonyl (C=O) groups is 1. The number of rotatable bonds is 4. The largest absolute Gasteiger partial charge is 0.433 e. The van der Waals surface area contributed by atoms with E-state index in [0.717, 1.165) is 30.5 Å². The van der Waals surface area contributed by atoms with Gasteiger partial charge in [-0.2, -0.15) is 26.3 Å². The first-order valence-corrected chi connectivity index (χ1v) is 10.1. The van der Waals surface area contributed by atoms with Gasteiger partial charge in [0, 0.05) is 12.2 Å². The number of halogens is 6. The van der Waals surface area contributed by atoms with E-state index in [1.54, 1.807) is 0 Å². The van der Waals surface area contributed by atoms with E-state index in [1.165, 1.54) is 0 Å². The Labute approximate surface area is 167 Å². The summed E-state index contributed by atoms with van der Waals surface area (Å²) >= 11 is 0. The summed E-state index contributed by atoms with van der Waals surface area (Å²) in [6.45, 7) is 0. The second kappa shape index (κ2) is 7.56. The lowest BCUT2D eigenvalue weighted by Crippen LogP contribution is -2.49. The molecule has 3 rings (SSSR count). The first-order chi connectivity index (χ1) is 13.8. The third kappa shape index (κ3) is 4.58. The van der Waals surface area contributed by atoms with Gasteiger partial charge in [0.05, 0.1) is 21.3 Å². The zero-order valence-corrected chi connectivity index (χ0v) is 15.8. The first kappa shape index (κ1) is 22.1. The van der Waals surface area contributed by atoms with Crippen molar-refractivity contribution in [3.8, 4) is 0 Å². The average molecular weight is 452 g/mol. The highest BCUT2D eigenvalue weighted by molar-refractivity contribution is 7.92. The summed E-state index contributed by atoms with van der Waals surface area (Å²) in [4.78, 5) is 14.8. The molecule has 1 heterocycles. The molecule has 1 N–H and O–H groups in total. The number of nitrogens with one attached hydrogen (secondary N) is 1. The van der Waals surface area contributed by atoms with E-state index < -0.39 is 55.5 Å². The van der Waals surface area contributed by atoms with Crippen LogP contribution in [0, 0.1) is 0 Å². The predicted octanol–water partition coefficient (Wildman–Crippen LogP) is 3.85. The Kier molecular flexibility index (Phi) is 5.56. The van der Waals surface area contributed by atoms with Crippen LogP contribution in [0.3, 0.4) is 0 Å². The molecule has 0 bridgehead atoms. The minimum Gasteiger partial charge on any atom is -0.349 e. The quantitative estimate of drug-likeness (QED) is 0.715. The summed E-state index contributed by atoms with van der Waals surface area (Å²) in [5.74, 6) is -0.726. The molecular formula is C18H14F6N2O3S. The van der Waals surface area contributed by atoms with E-state index in [1.807, 2.05) is 0 Å². The highest BCUT2D eigenvalue weighted by Gasteiger charge is 2.41.